The molecule has 1 atom stereocenters. The molecule has 2 aromatic rings. The molecule has 1 unspecified atom stereocenters. The van der Waals surface area contributed by atoms with E-state index in [4.69, 9.17) is 11.6 Å². The third-order valence-electron chi connectivity index (χ3n) is 5.74. The van der Waals surface area contributed by atoms with Crippen LogP contribution in [0.5, 0.6) is 0 Å². The normalized spacial score (nSPS) is 21.7. The third kappa shape index (κ3) is 3.61. The number of benzene rings is 2. The molecule has 2 aromatic carbocycles. The molecule has 30 heavy (non-hydrogen) atoms. The first kappa shape index (κ1) is 20.2. The Labute approximate surface area is 180 Å². The van der Waals surface area contributed by atoms with Gasteiger partial charge in [-0.1, -0.05) is 54.1 Å². The molecule has 0 bridgehead atoms. The predicted octanol–water partition coefficient (Wildman–Crippen LogP) is 2.46. The van der Waals surface area contributed by atoms with Crippen LogP contribution in [-0.4, -0.2) is 60.4 Å². The lowest BCUT2D eigenvalue weighted by Gasteiger charge is -2.36. The van der Waals surface area contributed by atoms with Crippen molar-refractivity contribution in [2.24, 2.45) is 0 Å². The molecule has 2 heterocycles. The topological polar surface area (TPSA) is 73.0 Å². The fraction of sp³-hybridized carbons (Fsp3) is 0.318. The number of piperazine rings is 1. The Morgan fingerprint density at radius 2 is 1.63 bits per heavy atom. The molecule has 2 aliphatic rings. The summed E-state index contributed by atoms with van der Waals surface area (Å²) in [7, 11) is 0. The minimum atomic E-state index is -1.17. The van der Waals surface area contributed by atoms with Crippen LogP contribution in [0.2, 0.25) is 5.02 Å². The lowest BCUT2D eigenvalue weighted by molar-refractivity contribution is -0.139. The van der Waals surface area contributed by atoms with Gasteiger partial charge in [0.15, 0.2) is 0 Å². The van der Waals surface area contributed by atoms with E-state index < -0.39 is 17.5 Å². The van der Waals surface area contributed by atoms with Crippen molar-refractivity contribution >= 4 is 35.1 Å². The molecule has 2 fully saturated rings. The van der Waals surface area contributed by atoms with Crippen molar-refractivity contribution in [2.75, 3.05) is 37.6 Å². The van der Waals surface area contributed by atoms with Gasteiger partial charge in [-0.15, -0.1) is 0 Å². The number of amides is 4. The van der Waals surface area contributed by atoms with Gasteiger partial charge in [0.05, 0.1) is 10.7 Å². The molecule has 4 amide bonds. The smallest absolute Gasteiger partial charge is 0.325 e. The van der Waals surface area contributed by atoms with Gasteiger partial charge < -0.3 is 15.1 Å². The molecule has 0 radical (unpaired) electrons. The number of carbonyl (C=O) groups is 3. The number of para-hydroxylation sites is 1. The number of imide groups is 1. The van der Waals surface area contributed by atoms with E-state index in [1.807, 2.05) is 42.5 Å². The van der Waals surface area contributed by atoms with Gasteiger partial charge in [-0.3, -0.25) is 14.5 Å². The zero-order valence-corrected chi connectivity index (χ0v) is 17.4. The molecular weight excluding hydrogens is 404 g/mol. The maximum Gasteiger partial charge on any atom is 0.325 e. The number of hydrogen-bond donors (Lipinski definition) is 1. The van der Waals surface area contributed by atoms with Crippen molar-refractivity contribution in [1.82, 2.24) is 15.1 Å². The number of urea groups is 1. The highest BCUT2D eigenvalue weighted by Crippen LogP contribution is 2.29. The number of carbonyl (C=O) groups excluding carboxylic acids is 3. The third-order valence-corrected chi connectivity index (χ3v) is 6.06. The Balaban J connectivity index is 1.39. The highest BCUT2D eigenvalue weighted by atomic mass is 35.5. The zero-order chi connectivity index (χ0) is 21.3. The van der Waals surface area contributed by atoms with Crippen LogP contribution in [0.1, 0.15) is 12.5 Å². The van der Waals surface area contributed by atoms with Crippen molar-refractivity contribution in [1.29, 1.82) is 0 Å². The summed E-state index contributed by atoms with van der Waals surface area (Å²) in [6.07, 6.45) is 0. The van der Waals surface area contributed by atoms with Gasteiger partial charge in [-0.25, -0.2) is 4.79 Å². The fourth-order valence-corrected chi connectivity index (χ4v) is 4.20. The second kappa shape index (κ2) is 7.99. The van der Waals surface area contributed by atoms with E-state index >= 15 is 0 Å². The van der Waals surface area contributed by atoms with E-state index in [0.29, 0.717) is 36.8 Å². The molecule has 0 spiro atoms. The van der Waals surface area contributed by atoms with Crippen LogP contribution in [0.3, 0.4) is 0 Å². The number of hydrogen-bond acceptors (Lipinski definition) is 4. The van der Waals surface area contributed by atoms with Crippen molar-refractivity contribution < 1.29 is 14.4 Å². The van der Waals surface area contributed by atoms with Crippen LogP contribution >= 0.6 is 11.6 Å². The second-order valence-electron chi connectivity index (χ2n) is 7.63. The van der Waals surface area contributed by atoms with E-state index in [9.17, 15) is 14.4 Å². The number of nitrogens with one attached hydrogen (secondary N) is 1. The van der Waals surface area contributed by atoms with Crippen molar-refractivity contribution in [3.63, 3.8) is 0 Å². The van der Waals surface area contributed by atoms with Crippen LogP contribution in [0, 0.1) is 0 Å². The first-order valence-electron chi connectivity index (χ1n) is 9.87. The summed E-state index contributed by atoms with van der Waals surface area (Å²) in [5.41, 5.74) is 0.465. The maximum atomic E-state index is 13.0. The van der Waals surface area contributed by atoms with Crippen molar-refractivity contribution in [3.05, 3.63) is 65.2 Å². The highest BCUT2D eigenvalue weighted by Gasteiger charge is 2.49. The predicted molar refractivity (Wildman–Crippen MR) is 114 cm³/mol. The molecule has 7 nitrogen and oxygen atoms in total. The molecule has 2 aliphatic heterocycles. The molecular formula is C22H23ClN4O3. The largest absolute Gasteiger partial charge is 0.367 e. The maximum absolute atomic E-state index is 13.0. The van der Waals surface area contributed by atoms with E-state index in [0.717, 1.165) is 10.6 Å². The van der Waals surface area contributed by atoms with Gasteiger partial charge in [-0.2, -0.15) is 0 Å². The van der Waals surface area contributed by atoms with Crippen molar-refractivity contribution in [2.45, 2.75) is 12.5 Å². The Kier molecular flexibility index (Phi) is 5.39. The van der Waals surface area contributed by atoms with Gasteiger partial charge in [0.25, 0.3) is 5.91 Å². The van der Waals surface area contributed by atoms with Crippen LogP contribution in [-0.2, 0) is 15.1 Å². The molecule has 0 aliphatic carbocycles. The van der Waals surface area contributed by atoms with Crippen LogP contribution in [0.15, 0.2) is 54.6 Å². The SMILES string of the molecule is CC1(c2ccccc2)NC(=O)N(CC(=O)N2CCN(c3ccccc3Cl)CC2)C1=O. The van der Waals surface area contributed by atoms with Gasteiger partial charge in [0.1, 0.15) is 12.1 Å². The first-order chi connectivity index (χ1) is 14.4. The standard InChI is InChI=1S/C22H23ClN4O3/c1-22(16-7-3-2-4-8-16)20(29)27(21(30)24-22)15-19(28)26-13-11-25(12-14-26)18-10-6-5-9-17(18)23/h2-10H,11-15H2,1H3,(H,24,30). The summed E-state index contributed by atoms with van der Waals surface area (Å²) < 4.78 is 0. The average molecular weight is 427 g/mol. The van der Waals surface area contributed by atoms with E-state index in [2.05, 4.69) is 10.2 Å². The monoisotopic (exact) mass is 426 g/mol. The van der Waals surface area contributed by atoms with Gasteiger partial charge in [0.2, 0.25) is 5.91 Å². The van der Waals surface area contributed by atoms with Crippen LogP contribution < -0.4 is 10.2 Å². The van der Waals surface area contributed by atoms with Crippen molar-refractivity contribution in [3.8, 4) is 0 Å². The van der Waals surface area contributed by atoms with Gasteiger partial charge in [-0.05, 0) is 24.6 Å². The number of nitrogens with zero attached hydrogens (tertiary/aromatic N) is 3. The summed E-state index contributed by atoms with van der Waals surface area (Å²) in [6.45, 7) is 3.68. The summed E-state index contributed by atoms with van der Waals surface area (Å²) in [5.74, 6) is -0.656. The Hall–Kier alpha value is -3.06. The van der Waals surface area contributed by atoms with Crippen LogP contribution in [0.4, 0.5) is 10.5 Å². The molecule has 0 saturated carbocycles. The lowest BCUT2D eigenvalue weighted by atomic mass is 9.92. The zero-order valence-electron chi connectivity index (χ0n) is 16.7. The quantitative estimate of drug-likeness (QED) is 0.762. The highest BCUT2D eigenvalue weighted by molar-refractivity contribution is 6.33. The number of anilines is 1. The minimum Gasteiger partial charge on any atom is -0.367 e. The molecule has 1 N–H and O–H groups in total. The van der Waals surface area contributed by atoms with E-state index in [1.54, 1.807) is 24.0 Å². The molecule has 4 rings (SSSR count). The van der Waals surface area contributed by atoms with Gasteiger partial charge >= 0.3 is 6.03 Å². The fourth-order valence-electron chi connectivity index (χ4n) is 3.95. The average Bonchev–Trinajstić information content (AvgIpc) is 2.99. The van der Waals surface area contributed by atoms with Crippen LogP contribution in [0.25, 0.3) is 0 Å². The molecule has 2 saturated heterocycles. The second-order valence-corrected chi connectivity index (χ2v) is 8.04. The van der Waals surface area contributed by atoms with E-state index in [-0.39, 0.29) is 12.5 Å². The summed E-state index contributed by atoms with van der Waals surface area (Å²) in [5, 5.41) is 3.41. The number of halogens is 1. The molecule has 0 aromatic heterocycles. The van der Waals surface area contributed by atoms with Gasteiger partial charge in [0, 0.05) is 26.2 Å². The summed E-state index contributed by atoms with van der Waals surface area (Å²) in [4.78, 5) is 43.1. The minimum absolute atomic E-state index is 0.241. The Morgan fingerprint density at radius 3 is 2.30 bits per heavy atom. The van der Waals surface area contributed by atoms with E-state index in [1.165, 1.54) is 0 Å². The first-order valence-corrected chi connectivity index (χ1v) is 10.2. The molecule has 156 valence electrons. The number of rotatable bonds is 4. The lowest BCUT2D eigenvalue weighted by Crippen LogP contribution is -2.52. The summed E-state index contributed by atoms with van der Waals surface area (Å²) in [6, 6.07) is 16.1. The Morgan fingerprint density at radius 1 is 1.00 bits per heavy atom. The summed E-state index contributed by atoms with van der Waals surface area (Å²) >= 11 is 6.27. The Bertz CT molecular complexity index is 975. The molecule has 8 heteroatoms.